The van der Waals surface area contributed by atoms with Crippen molar-refractivity contribution in [1.82, 2.24) is 10.2 Å². The maximum Gasteiger partial charge on any atom is 0.246 e. The van der Waals surface area contributed by atoms with Crippen LogP contribution in [0.4, 0.5) is 0 Å². The highest BCUT2D eigenvalue weighted by atomic mass is 79.9. The number of piperazine rings is 1. The van der Waals surface area contributed by atoms with E-state index in [9.17, 15) is 9.59 Å². The van der Waals surface area contributed by atoms with E-state index in [1.807, 2.05) is 38.1 Å². The van der Waals surface area contributed by atoms with Gasteiger partial charge in [-0.2, -0.15) is 0 Å². The second-order valence-corrected chi connectivity index (χ2v) is 6.41. The molecule has 1 aliphatic heterocycles. The van der Waals surface area contributed by atoms with E-state index in [2.05, 4.69) is 21.2 Å². The van der Waals surface area contributed by atoms with Gasteiger partial charge in [-0.15, -0.1) is 0 Å². The van der Waals surface area contributed by atoms with Crippen molar-refractivity contribution < 1.29 is 9.59 Å². The minimum absolute atomic E-state index is 0.0133. The Hall–Kier alpha value is -1.36. The van der Waals surface area contributed by atoms with Gasteiger partial charge in [0.25, 0.3) is 0 Å². The minimum atomic E-state index is -0.441. The summed E-state index contributed by atoms with van der Waals surface area (Å²) in [5.41, 5.74) is 1.03. The Morgan fingerprint density at radius 2 is 1.90 bits per heavy atom. The van der Waals surface area contributed by atoms with Crippen LogP contribution in [0.3, 0.4) is 0 Å². The predicted molar refractivity (Wildman–Crippen MR) is 85.7 cm³/mol. The van der Waals surface area contributed by atoms with Crippen molar-refractivity contribution in [2.45, 2.75) is 51.7 Å². The molecule has 3 atom stereocenters. The van der Waals surface area contributed by atoms with Crippen LogP contribution in [-0.4, -0.2) is 28.8 Å². The molecule has 1 heterocycles. The van der Waals surface area contributed by atoms with Crippen LogP contribution in [0.1, 0.15) is 45.2 Å². The molecule has 5 heteroatoms. The van der Waals surface area contributed by atoms with E-state index < -0.39 is 12.1 Å². The molecule has 1 aromatic carbocycles. The summed E-state index contributed by atoms with van der Waals surface area (Å²) < 4.78 is 0.998. The Kier molecular flexibility index (Phi) is 5.04. The van der Waals surface area contributed by atoms with Crippen LogP contribution in [0.5, 0.6) is 0 Å². The number of carbonyl (C=O) groups is 2. The normalized spacial score (nSPS) is 23.9. The zero-order chi connectivity index (χ0) is 15.6. The first-order valence-corrected chi connectivity index (χ1v) is 8.13. The summed E-state index contributed by atoms with van der Waals surface area (Å²) in [6.45, 7) is 5.77. The van der Waals surface area contributed by atoms with Crippen LogP contribution in [-0.2, 0) is 9.59 Å². The lowest BCUT2D eigenvalue weighted by atomic mass is 9.99. The molecule has 114 valence electrons. The molecular weight excluding hydrogens is 332 g/mol. The third kappa shape index (κ3) is 3.28. The highest BCUT2D eigenvalue weighted by Gasteiger charge is 2.40. The fourth-order valence-electron chi connectivity index (χ4n) is 2.76. The average Bonchev–Trinajstić information content (AvgIpc) is 2.46. The average molecular weight is 353 g/mol. The molecule has 0 saturated carbocycles. The first-order valence-electron chi connectivity index (χ1n) is 7.33. The van der Waals surface area contributed by atoms with Crippen molar-refractivity contribution in [3.63, 3.8) is 0 Å². The van der Waals surface area contributed by atoms with Crippen molar-refractivity contribution >= 4 is 27.7 Å². The van der Waals surface area contributed by atoms with Crippen LogP contribution in [0.2, 0.25) is 0 Å². The predicted octanol–water partition coefficient (Wildman–Crippen LogP) is 3.03. The van der Waals surface area contributed by atoms with Gasteiger partial charge in [0.15, 0.2) is 0 Å². The third-order valence-corrected chi connectivity index (χ3v) is 4.54. The molecule has 0 spiro atoms. The van der Waals surface area contributed by atoms with Crippen LogP contribution in [0.25, 0.3) is 0 Å². The van der Waals surface area contributed by atoms with Gasteiger partial charge in [0.05, 0.1) is 6.04 Å². The molecule has 0 aromatic heterocycles. The molecule has 1 aromatic rings. The molecule has 3 unspecified atom stereocenters. The summed E-state index contributed by atoms with van der Waals surface area (Å²) in [5.74, 6) is -0.0589. The van der Waals surface area contributed by atoms with Gasteiger partial charge in [-0.1, -0.05) is 41.4 Å². The highest BCUT2D eigenvalue weighted by molar-refractivity contribution is 9.10. The van der Waals surface area contributed by atoms with E-state index >= 15 is 0 Å². The quantitative estimate of drug-likeness (QED) is 0.905. The summed E-state index contributed by atoms with van der Waals surface area (Å²) in [7, 11) is 0. The van der Waals surface area contributed by atoms with Gasteiger partial charge < -0.3 is 10.2 Å². The first-order chi connectivity index (χ1) is 9.95. The number of amides is 2. The Balaban J connectivity index is 2.27. The fourth-order valence-corrected chi connectivity index (χ4v) is 3.03. The fraction of sp³-hybridized carbons (Fsp3) is 0.500. The standard InChI is InChI=1S/C16H21BrN2O2/c1-4-5-14-16(21)19(11(3)15(20)18-14)10(2)12-6-8-13(17)9-7-12/h6-11,14H,4-5H2,1-3H3,(H,18,20). The molecule has 1 saturated heterocycles. The summed E-state index contributed by atoms with van der Waals surface area (Å²) >= 11 is 3.41. The van der Waals surface area contributed by atoms with E-state index in [4.69, 9.17) is 0 Å². The highest BCUT2D eigenvalue weighted by Crippen LogP contribution is 2.27. The van der Waals surface area contributed by atoms with Gasteiger partial charge in [0.1, 0.15) is 12.1 Å². The lowest BCUT2D eigenvalue weighted by Crippen LogP contribution is -2.62. The lowest BCUT2D eigenvalue weighted by Gasteiger charge is -2.41. The molecule has 21 heavy (non-hydrogen) atoms. The summed E-state index contributed by atoms with van der Waals surface area (Å²) in [6, 6.07) is 6.92. The van der Waals surface area contributed by atoms with Gasteiger partial charge in [0, 0.05) is 4.47 Å². The molecule has 0 radical (unpaired) electrons. The number of benzene rings is 1. The third-order valence-electron chi connectivity index (χ3n) is 4.01. The maximum atomic E-state index is 12.7. The zero-order valence-corrected chi connectivity index (χ0v) is 14.2. The molecule has 4 nitrogen and oxygen atoms in total. The smallest absolute Gasteiger partial charge is 0.246 e. The summed E-state index contributed by atoms with van der Waals surface area (Å²) in [4.78, 5) is 26.5. The second-order valence-electron chi connectivity index (χ2n) is 5.50. The minimum Gasteiger partial charge on any atom is -0.343 e. The van der Waals surface area contributed by atoms with E-state index in [0.29, 0.717) is 6.42 Å². The van der Waals surface area contributed by atoms with Crippen LogP contribution < -0.4 is 5.32 Å². The molecule has 0 bridgehead atoms. The zero-order valence-electron chi connectivity index (χ0n) is 12.6. The summed E-state index contributed by atoms with van der Waals surface area (Å²) in [5, 5.41) is 2.82. The SMILES string of the molecule is CCCC1NC(=O)C(C)N(C(C)c2ccc(Br)cc2)C1=O. The van der Waals surface area contributed by atoms with E-state index in [1.54, 1.807) is 11.8 Å². The van der Waals surface area contributed by atoms with Gasteiger partial charge in [-0.05, 0) is 38.0 Å². The molecule has 0 aliphatic carbocycles. The number of hydrogen-bond donors (Lipinski definition) is 1. The van der Waals surface area contributed by atoms with E-state index in [0.717, 1.165) is 16.5 Å². The van der Waals surface area contributed by atoms with Crippen molar-refractivity contribution in [2.24, 2.45) is 0 Å². The van der Waals surface area contributed by atoms with Crippen molar-refractivity contribution in [1.29, 1.82) is 0 Å². The number of nitrogens with zero attached hydrogens (tertiary/aromatic N) is 1. The van der Waals surface area contributed by atoms with Crippen molar-refractivity contribution in [3.05, 3.63) is 34.3 Å². The van der Waals surface area contributed by atoms with Gasteiger partial charge >= 0.3 is 0 Å². The lowest BCUT2D eigenvalue weighted by molar-refractivity contribution is -0.151. The molecule has 1 N–H and O–H groups in total. The maximum absolute atomic E-state index is 12.7. The Labute approximate surface area is 134 Å². The second kappa shape index (κ2) is 6.60. The number of nitrogens with one attached hydrogen (secondary N) is 1. The van der Waals surface area contributed by atoms with Crippen LogP contribution >= 0.6 is 15.9 Å². The number of hydrogen-bond acceptors (Lipinski definition) is 2. The van der Waals surface area contributed by atoms with Gasteiger partial charge in [0.2, 0.25) is 11.8 Å². The first kappa shape index (κ1) is 16.0. The van der Waals surface area contributed by atoms with E-state index in [-0.39, 0.29) is 17.9 Å². The summed E-state index contributed by atoms with van der Waals surface area (Å²) in [6.07, 6.45) is 1.55. The Morgan fingerprint density at radius 1 is 1.29 bits per heavy atom. The Bertz CT molecular complexity index is 530. The van der Waals surface area contributed by atoms with Crippen molar-refractivity contribution in [2.75, 3.05) is 0 Å². The molecule has 1 aliphatic rings. The topological polar surface area (TPSA) is 49.4 Å². The molecule has 1 fully saturated rings. The number of rotatable bonds is 4. The van der Waals surface area contributed by atoms with Crippen LogP contribution in [0.15, 0.2) is 28.7 Å². The number of carbonyl (C=O) groups excluding carboxylic acids is 2. The molecule has 2 amide bonds. The monoisotopic (exact) mass is 352 g/mol. The van der Waals surface area contributed by atoms with Crippen LogP contribution in [0, 0.1) is 0 Å². The van der Waals surface area contributed by atoms with Gasteiger partial charge in [-0.3, -0.25) is 9.59 Å². The van der Waals surface area contributed by atoms with E-state index in [1.165, 1.54) is 0 Å². The molecular formula is C16H21BrN2O2. The number of halogens is 1. The van der Waals surface area contributed by atoms with Crippen molar-refractivity contribution in [3.8, 4) is 0 Å². The van der Waals surface area contributed by atoms with Gasteiger partial charge in [-0.25, -0.2) is 0 Å². The Morgan fingerprint density at radius 3 is 2.48 bits per heavy atom. The largest absolute Gasteiger partial charge is 0.343 e. The molecule has 2 rings (SSSR count).